The Hall–Kier alpha value is -3.19. The number of nitrogens with zero attached hydrogens (tertiary/aromatic N) is 3. The van der Waals surface area contributed by atoms with Crippen LogP contribution in [-0.4, -0.2) is 32.7 Å². The van der Waals surface area contributed by atoms with Gasteiger partial charge < -0.3 is 21.1 Å². The molecule has 7 nitrogen and oxygen atoms in total. The molecule has 1 aromatic heterocycles. The number of hydrogen-bond acceptors (Lipinski definition) is 7. The molecule has 1 heterocycles. The van der Waals surface area contributed by atoms with E-state index in [1.54, 1.807) is 0 Å². The van der Waals surface area contributed by atoms with E-state index in [0.29, 0.717) is 24.4 Å². The van der Waals surface area contributed by atoms with Crippen molar-refractivity contribution in [3.8, 4) is 0 Å². The van der Waals surface area contributed by atoms with Crippen LogP contribution in [0.5, 0.6) is 0 Å². The van der Waals surface area contributed by atoms with E-state index in [1.165, 1.54) is 0 Å². The second-order valence-corrected chi connectivity index (χ2v) is 6.85. The van der Waals surface area contributed by atoms with E-state index in [1.807, 2.05) is 55.5 Å². The summed E-state index contributed by atoms with van der Waals surface area (Å²) in [4.78, 5) is 13.5. The Bertz CT molecular complexity index is 871. The van der Waals surface area contributed by atoms with E-state index >= 15 is 0 Å². The molecule has 3 aromatic rings. The maximum atomic E-state index is 9.51. The van der Waals surface area contributed by atoms with E-state index in [-0.39, 0.29) is 18.7 Å². The lowest BCUT2D eigenvalue weighted by Gasteiger charge is -2.18. The first kappa shape index (κ1) is 20.5. The monoisotopic (exact) mass is 392 g/mol. The van der Waals surface area contributed by atoms with Crippen molar-refractivity contribution in [1.29, 1.82) is 0 Å². The van der Waals surface area contributed by atoms with Gasteiger partial charge in [0.1, 0.15) is 0 Å². The molecular weight excluding hydrogens is 364 g/mol. The zero-order valence-electron chi connectivity index (χ0n) is 16.8. The lowest BCUT2D eigenvalue weighted by atomic mass is 10.1. The smallest absolute Gasteiger partial charge is 0.229 e. The van der Waals surface area contributed by atoms with Crippen LogP contribution in [0, 0.1) is 0 Å². The van der Waals surface area contributed by atoms with Gasteiger partial charge >= 0.3 is 0 Å². The minimum atomic E-state index is -0.112. The van der Waals surface area contributed by atoms with E-state index in [9.17, 15) is 5.11 Å². The Kier molecular flexibility index (Phi) is 7.35. The molecular formula is C22H28N6O. The molecule has 0 saturated carbocycles. The van der Waals surface area contributed by atoms with Gasteiger partial charge in [-0.25, -0.2) is 0 Å². The van der Waals surface area contributed by atoms with Gasteiger partial charge in [0.15, 0.2) is 0 Å². The summed E-state index contributed by atoms with van der Waals surface area (Å²) < 4.78 is 0. The van der Waals surface area contributed by atoms with Crippen LogP contribution < -0.4 is 16.0 Å². The summed E-state index contributed by atoms with van der Waals surface area (Å²) in [6, 6.07) is 20.1. The fraction of sp³-hybridized carbons (Fsp3) is 0.318. The van der Waals surface area contributed by atoms with Crippen molar-refractivity contribution < 1.29 is 5.11 Å². The fourth-order valence-electron chi connectivity index (χ4n) is 2.84. The maximum absolute atomic E-state index is 9.51. The number of anilines is 3. The summed E-state index contributed by atoms with van der Waals surface area (Å²) in [6.45, 7) is 4.68. The first-order chi connectivity index (χ1) is 14.2. The molecule has 7 heteroatoms. The second kappa shape index (κ2) is 10.4. The predicted octanol–water partition coefficient (Wildman–Crippen LogP) is 3.84. The second-order valence-electron chi connectivity index (χ2n) is 6.85. The highest BCUT2D eigenvalue weighted by Gasteiger charge is 2.13. The largest absolute Gasteiger partial charge is 0.394 e. The Morgan fingerprint density at radius 3 is 2.03 bits per heavy atom. The van der Waals surface area contributed by atoms with E-state index in [4.69, 9.17) is 0 Å². The molecule has 0 saturated heterocycles. The van der Waals surface area contributed by atoms with Crippen LogP contribution in [0.15, 0.2) is 60.7 Å². The molecule has 3 rings (SSSR count). The summed E-state index contributed by atoms with van der Waals surface area (Å²) in [5.41, 5.74) is 2.28. The molecule has 0 aliphatic carbocycles. The minimum absolute atomic E-state index is 0.0120. The highest BCUT2D eigenvalue weighted by atomic mass is 16.3. The number of nitrogens with one attached hydrogen (secondary N) is 3. The van der Waals surface area contributed by atoms with Crippen molar-refractivity contribution >= 4 is 17.8 Å². The van der Waals surface area contributed by atoms with Gasteiger partial charge in [0.05, 0.1) is 18.7 Å². The number of benzene rings is 2. The van der Waals surface area contributed by atoms with Gasteiger partial charge in [-0.05, 0) is 24.5 Å². The molecule has 0 fully saturated rings. The van der Waals surface area contributed by atoms with E-state index in [0.717, 1.165) is 17.5 Å². The van der Waals surface area contributed by atoms with Gasteiger partial charge in [0, 0.05) is 6.54 Å². The summed E-state index contributed by atoms with van der Waals surface area (Å²) in [5.74, 6) is 1.38. The standard InChI is InChI=1S/C22H28N6O/c1-3-19(15-29)25-22-27-20(23-14-17-10-6-4-7-11-17)26-21(28-22)24-16(2)18-12-8-5-9-13-18/h4-13,16,19,29H,3,14-15H2,1-2H3,(H3,23,24,25,26,27,28)/t16?,19-/m1/s1. The quantitative estimate of drug-likeness (QED) is 0.416. The molecule has 1 unspecified atom stereocenters. The van der Waals surface area contributed by atoms with Crippen molar-refractivity contribution in [2.75, 3.05) is 22.6 Å². The number of aromatic nitrogens is 3. The van der Waals surface area contributed by atoms with Crippen molar-refractivity contribution in [1.82, 2.24) is 15.0 Å². The Morgan fingerprint density at radius 1 is 0.828 bits per heavy atom. The molecule has 0 aliphatic heterocycles. The van der Waals surface area contributed by atoms with Crippen molar-refractivity contribution in [2.45, 2.75) is 38.9 Å². The zero-order chi connectivity index (χ0) is 20.5. The third kappa shape index (κ3) is 6.15. The zero-order valence-corrected chi connectivity index (χ0v) is 16.8. The van der Waals surface area contributed by atoms with Crippen LogP contribution >= 0.6 is 0 Å². The van der Waals surface area contributed by atoms with Gasteiger partial charge in [0.25, 0.3) is 0 Å². The van der Waals surface area contributed by atoms with E-state index < -0.39 is 0 Å². The molecule has 4 N–H and O–H groups in total. The van der Waals surface area contributed by atoms with Crippen LogP contribution in [0.1, 0.15) is 37.4 Å². The molecule has 0 radical (unpaired) electrons. The van der Waals surface area contributed by atoms with Crippen LogP contribution in [-0.2, 0) is 6.54 Å². The lowest BCUT2D eigenvalue weighted by molar-refractivity contribution is 0.271. The van der Waals surface area contributed by atoms with Gasteiger partial charge in [-0.15, -0.1) is 0 Å². The summed E-state index contributed by atoms with van der Waals surface area (Å²) in [6.07, 6.45) is 0.762. The number of aliphatic hydroxyl groups is 1. The molecule has 0 spiro atoms. The van der Waals surface area contributed by atoms with Crippen molar-refractivity contribution in [3.05, 3.63) is 71.8 Å². The van der Waals surface area contributed by atoms with Crippen LogP contribution in [0.4, 0.5) is 17.8 Å². The lowest BCUT2D eigenvalue weighted by Crippen LogP contribution is -2.25. The Morgan fingerprint density at radius 2 is 1.41 bits per heavy atom. The molecule has 0 amide bonds. The average molecular weight is 393 g/mol. The highest BCUT2D eigenvalue weighted by molar-refractivity contribution is 5.44. The summed E-state index contributed by atoms with van der Waals surface area (Å²) >= 11 is 0. The number of aliphatic hydroxyl groups excluding tert-OH is 1. The van der Waals surface area contributed by atoms with Gasteiger partial charge in [-0.3, -0.25) is 0 Å². The topological polar surface area (TPSA) is 95.0 Å². The summed E-state index contributed by atoms with van der Waals surface area (Å²) in [5, 5.41) is 19.3. The van der Waals surface area contributed by atoms with Gasteiger partial charge in [-0.1, -0.05) is 67.6 Å². The maximum Gasteiger partial charge on any atom is 0.229 e. The average Bonchev–Trinajstić information content (AvgIpc) is 2.77. The SMILES string of the molecule is CC[C@H](CO)Nc1nc(NCc2ccccc2)nc(NC(C)c2ccccc2)n1. The summed E-state index contributed by atoms with van der Waals surface area (Å²) in [7, 11) is 0. The molecule has 0 aliphatic rings. The van der Waals surface area contributed by atoms with Crippen molar-refractivity contribution in [3.63, 3.8) is 0 Å². The number of hydrogen-bond donors (Lipinski definition) is 4. The Labute approximate surface area is 171 Å². The Balaban J connectivity index is 1.79. The first-order valence-electron chi connectivity index (χ1n) is 9.90. The molecule has 0 bridgehead atoms. The molecule has 2 aromatic carbocycles. The highest BCUT2D eigenvalue weighted by Crippen LogP contribution is 2.19. The predicted molar refractivity (Wildman–Crippen MR) is 117 cm³/mol. The van der Waals surface area contributed by atoms with Crippen LogP contribution in [0.25, 0.3) is 0 Å². The van der Waals surface area contributed by atoms with Crippen molar-refractivity contribution in [2.24, 2.45) is 0 Å². The number of rotatable bonds is 10. The van der Waals surface area contributed by atoms with Crippen LogP contribution in [0.2, 0.25) is 0 Å². The van der Waals surface area contributed by atoms with Gasteiger partial charge in [0.2, 0.25) is 17.8 Å². The molecule has 2 atom stereocenters. The molecule has 29 heavy (non-hydrogen) atoms. The minimum Gasteiger partial charge on any atom is -0.394 e. The molecule has 152 valence electrons. The van der Waals surface area contributed by atoms with Gasteiger partial charge in [-0.2, -0.15) is 15.0 Å². The van der Waals surface area contributed by atoms with Crippen LogP contribution in [0.3, 0.4) is 0 Å². The first-order valence-corrected chi connectivity index (χ1v) is 9.90. The normalized spacial score (nSPS) is 12.8. The third-order valence-electron chi connectivity index (χ3n) is 4.62. The third-order valence-corrected chi connectivity index (χ3v) is 4.62. The van der Waals surface area contributed by atoms with E-state index in [2.05, 4.69) is 50.0 Å². The fourth-order valence-corrected chi connectivity index (χ4v) is 2.84.